The summed E-state index contributed by atoms with van der Waals surface area (Å²) in [5.41, 5.74) is 10.6. The fourth-order valence-corrected chi connectivity index (χ4v) is 2.60. The van der Waals surface area contributed by atoms with Crippen LogP contribution in [-0.2, 0) is 0 Å². The Morgan fingerprint density at radius 2 is 2.19 bits per heavy atom. The fourth-order valence-electron chi connectivity index (χ4n) is 1.84. The number of anilines is 3. The Morgan fingerprint density at radius 1 is 1.43 bits per heavy atom. The Hall–Kier alpha value is -1.79. The van der Waals surface area contributed by atoms with Crippen molar-refractivity contribution < 1.29 is 0 Å². The third-order valence-electron chi connectivity index (χ3n) is 2.89. The van der Waals surface area contributed by atoms with E-state index in [-0.39, 0.29) is 0 Å². The quantitative estimate of drug-likeness (QED) is 0.466. The predicted octanol–water partition coefficient (Wildman–Crippen LogP) is 3.24. The zero-order valence-electron chi connectivity index (χ0n) is 11.8. The van der Waals surface area contributed by atoms with E-state index in [0.29, 0.717) is 16.8 Å². The molecule has 2 rings (SSSR count). The molecular formula is C14H18ClN5S. The van der Waals surface area contributed by atoms with Crippen LogP contribution in [0.4, 0.5) is 16.6 Å². The molecule has 0 aliphatic heterocycles. The summed E-state index contributed by atoms with van der Waals surface area (Å²) < 4.78 is 0. The fraction of sp³-hybridized carbons (Fsp3) is 0.286. The first-order valence-electron chi connectivity index (χ1n) is 6.64. The molecule has 0 saturated heterocycles. The number of alkyl halides is 1. The van der Waals surface area contributed by atoms with E-state index < -0.39 is 0 Å². The van der Waals surface area contributed by atoms with Crippen molar-refractivity contribution >= 4 is 45.8 Å². The van der Waals surface area contributed by atoms with E-state index in [0.717, 1.165) is 24.3 Å². The smallest absolute Gasteiger partial charge is 0.205 e. The number of hydrogen-bond donors (Lipinski definition) is 2. The van der Waals surface area contributed by atoms with Gasteiger partial charge in [-0.1, -0.05) is 12.1 Å². The SMILES string of the molecule is CCN(CCCl)c1ccc(C=NNc2nc(N)cs2)cc1. The third kappa shape index (κ3) is 4.61. The van der Waals surface area contributed by atoms with Crippen molar-refractivity contribution in [3.63, 3.8) is 0 Å². The van der Waals surface area contributed by atoms with Crippen LogP contribution >= 0.6 is 22.9 Å². The molecule has 0 saturated carbocycles. The van der Waals surface area contributed by atoms with Crippen molar-refractivity contribution in [3.05, 3.63) is 35.2 Å². The Labute approximate surface area is 133 Å². The van der Waals surface area contributed by atoms with Gasteiger partial charge in [0.15, 0.2) is 0 Å². The summed E-state index contributed by atoms with van der Waals surface area (Å²) in [6.07, 6.45) is 1.75. The molecule has 0 aliphatic carbocycles. The molecule has 0 bridgehead atoms. The zero-order chi connectivity index (χ0) is 15.1. The molecule has 5 nitrogen and oxygen atoms in total. The number of nitrogens with one attached hydrogen (secondary N) is 1. The molecule has 0 aliphatic rings. The van der Waals surface area contributed by atoms with Crippen molar-refractivity contribution in [1.29, 1.82) is 0 Å². The van der Waals surface area contributed by atoms with E-state index in [1.807, 2.05) is 12.1 Å². The lowest BCUT2D eigenvalue weighted by molar-refractivity contribution is 0.870. The second-order valence-electron chi connectivity index (χ2n) is 4.31. The molecule has 2 aromatic rings. The molecule has 7 heteroatoms. The number of nitrogen functional groups attached to an aromatic ring is 1. The Kier molecular flexibility index (Phi) is 5.83. The summed E-state index contributed by atoms with van der Waals surface area (Å²) in [6, 6.07) is 8.18. The molecule has 0 fully saturated rings. The highest BCUT2D eigenvalue weighted by atomic mass is 35.5. The lowest BCUT2D eigenvalue weighted by Crippen LogP contribution is -2.24. The van der Waals surface area contributed by atoms with Gasteiger partial charge in [-0.2, -0.15) is 5.10 Å². The molecule has 1 heterocycles. The number of aromatic nitrogens is 1. The van der Waals surface area contributed by atoms with E-state index in [9.17, 15) is 0 Å². The van der Waals surface area contributed by atoms with Crippen LogP contribution in [-0.4, -0.2) is 30.2 Å². The lowest BCUT2D eigenvalue weighted by Gasteiger charge is -2.21. The summed E-state index contributed by atoms with van der Waals surface area (Å²) in [4.78, 5) is 6.29. The molecule has 21 heavy (non-hydrogen) atoms. The molecule has 112 valence electrons. The van der Waals surface area contributed by atoms with Crippen molar-refractivity contribution in [2.75, 3.05) is 35.0 Å². The van der Waals surface area contributed by atoms with Gasteiger partial charge in [-0.3, -0.25) is 5.43 Å². The van der Waals surface area contributed by atoms with Crippen LogP contribution in [0.1, 0.15) is 12.5 Å². The summed E-state index contributed by atoms with van der Waals surface area (Å²) >= 11 is 7.22. The standard InChI is InChI=1S/C14H18ClN5S/c1-2-20(8-7-15)12-5-3-11(4-6-12)9-17-19-14-18-13(16)10-21-14/h3-6,9-10H,2,7-8,16H2,1H3,(H,18,19). The summed E-state index contributed by atoms with van der Waals surface area (Å²) in [5.74, 6) is 1.12. The van der Waals surface area contributed by atoms with Crippen LogP contribution in [0.2, 0.25) is 0 Å². The molecule has 0 atom stereocenters. The highest BCUT2D eigenvalue weighted by Crippen LogP contribution is 2.17. The second kappa shape index (κ2) is 7.85. The molecule has 0 spiro atoms. The Balaban J connectivity index is 1.95. The minimum atomic E-state index is 0.501. The van der Waals surface area contributed by atoms with Crippen LogP contribution in [0.15, 0.2) is 34.7 Å². The molecular weight excluding hydrogens is 306 g/mol. The minimum absolute atomic E-state index is 0.501. The predicted molar refractivity (Wildman–Crippen MR) is 92.8 cm³/mol. The first-order valence-corrected chi connectivity index (χ1v) is 8.05. The van der Waals surface area contributed by atoms with Gasteiger partial charge in [0.05, 0.1) is 6.21 Å². The first kappa shape index (κ1) is 15.6. The van der Waals surface area contributed by atoms with Gasteiger partial charge in [0, 0.05) is 30.0 Å². The van der Waals surface area contributed by atoms with Gasteiger partial charge < -0.3 is 10.6 Å². The Morgan fingerprint density at radius 3 is 2.76 bits per heavy atom. The van der Waals surface area contributed by atoms with E-state index in [1.165, 1.54) is 11.3 Å². The van der Waals surface area contributed by atoms with Gasteiger partial charge in [-0.05, 0) is 24.6 Å². The maximum atomic E-state index is 5.80. The molecule has 1 aromatic carbocycles. The van der Waals surface area contributed by atoms with E-state index in [1.54, 1.807) is 11.6 Å². The van der Waals surface area contributed by atoms with Crippen LogP contribution in [0.3, 0.4) is 0 Å². The second-order valence-corrected chi connectivity index (χ2v) is 5.54. The number of rotatable bonds is 7. The topological polar surface area (TPSA) is 66.5 Å². The number of nitrogens with two attached hydrogens (primary N) is 1. The normalized spacial score (nSPS) is 11.0. The molecule has 1 aromatic heterocycles. The summed E-state index contributed by atoms with van der Waals surface area (Å²) in [6.45, 7) is 3.90. The first-order chi connectivity index (χ1) is 10.2. The number of benzene rings is 1. The molecule has 0 unspecified atom stereocenters. The largest absolute Gasteiger partial charge is 0.383 e. The molecule has 3 N–H and O–H groups in total. The van der Waals surface area contributed by atoms with Crippen LogP contribution in [0.25, 0.3) is 0 Å². The van der Waals surface area contributed by atoms with Crippen LogP contribution < -0.4 is 16.1 Å². The number of hydrazone groups is 1. The summed E-state index contributed by atoms with van der Waals surface area (Å²) in [7, 11) is 0. The van der Waals surface area contributed by atoms with E-state index in [4.69, 9.17) is 17.3 Å². The average molecular weight is 324 g/mol. The maximum absolute atomic E-state index is 5.80. The highest BCUT2D eigenvalue weighted by Gasteiger charge is 2.02. The molecule has 0 amide bonds. The monoisotopic (exact) mass is 323 g/mol. The van der Waals surface area contributed by atoms with Crippen molar-refractivity contribution in [2.45, 2.75) is 6.92 Å². The summed E-state index contributed by atoms with van der Waals surface area (Å²) in [5, 5.41) is 6.59. The number of halogens is 1. The van der Waals surface area contributed by atoms with E-state index >= 15 is 0 Å². The number of nitrogens with zero attached hydrogens (tertiary/aromatic N) is 3. The van der Waals surface area contributed by atoms with Gasteiger partial charge >= 0.3 is 0 Å². The maximum Gasteiger partial charge on any atom is 0.205 e. The van der Waals surface area contributed by atoms with Gasteiger partial charge in [0.25, 0.3) is 0 Å². The van der Waals surface area contributed by atoms with Crippen LogP contribution in [0, 0.1) is 0 Å². The van der Waals surface area contributed by atoms with Crippen molar-refractivity contribution in [3.8, 4) is 0 Å². The number of thiazole rings is 1. The molecule has 0 radical (unpaired) electrons. The minimum Gasteiger partial charge on any atom is -0.383 e. The van der Waals surface area contributed by atoms with E-state index in [2.05, 4.69) is 39.5 Å². The average Bonchev–Trinajstić information content (AvgIpc) is 2.91. The lowest BCUT2D eigenvalue weighted by atomic mass is 10.2. The third-order valence-corrected chi connectivity index (χ3v) is 3.82. The Bertz CT molecular complexity index is 581. The van der Waals surface area contributed by atoms with Crippen molar-refractivity contribution in [2.24, 2.45) is 5.10 Å². The van der Waals surface area contributed by atoms with Crippen LogP contribution in [0.5, 0.6) is 0 Å². The van der Waals surface area contributed by atoms with Gasteiger partial charge in [-0.15, -0.1) is 22.9 Å². The zero-order valence-corrected chi connectivity index (χ0v) is 13.4. The van der Waals surface area contributed by atoms with Gasteiger partial charge in [-0.25, -0.2) is 4.98 Å². The van der Waals surface area contributed by atoms with Gasteiger partial charge in [0.2, 0.25) is 5.13 Å². The van der Waals surface area contributed by atoms with Crippen molar-refractivity contribution in [1.82, 2.24) is 4.98 Å². The number of hydrogen-bond acceptors (Lipinski definition) is 6. The highest BCUT2D eigenvalue weighted by molar-refractivity contribution is 7.14. The van der Waals surface area contributed by atoms with Gasteiger partial charge in [0.1, 0.15) is 5.82 Å².